The summed E-state index contributed by atoms with van der Waals surface area (Å²) in [5.41, 5.74) is 3.60. The summed E-state index contributed by atoms with van der Waals surface area (Å²) < 4.78 is 5.56. The molecule has 1 N–H and O–H groups in total. The van der Waals surface area contributed by atoms with E-state index < -0.39 is 36.5 Å². The SMILES string of the molecule is Cc1ccc(N2C(=O)[C@H]3[C@@H](c4ccccc4OCC(=O)O)N(c4ccccc4)O[C@H]3C2=O)c(C)c1. The van der Waals surface area contributed by atoms with Crippen molar-refractivity contribution in [1.82, 2.24) is 0 Å². The number of nitrogens with zero attached hydrogens (tertiary/aromatic N) is 2. The van der Waals surface area contributed by atoms with Crippen molar-refractivity contribution >= 4 is 29.2 Å². The van der Waals surface area contributed by atoms with Crippen molar-refractivity contribution in [3.05, 3.63) is 89.5 Å². The third-order valence-corrected chi connectivity index (χ3v) is 6.31. The lowest BCUT2D eigenvalue weighted by Crippen LogP contribution is -2.37. The van der Waals surface area contributed by atoms with Crippen molar-refractivity contribution in [1.29, 1.82) is 0 Å². The lowest BCUT2D eigenvalue weighted by Gasteiger charge is -2.30. The lowest BCUT2D eigenvalue weighted by molar-refractivity contribution is -0.139. The number of anilines is 2. The largest absolute Gasteiger partial charge is 0.482 e. The number of carboxylic acids is 1. The topological polar surface area (TPSA) is 96.4 Å². The van der Waals surface area contributed by atoms with Gasteiger partial charge in [0.1, 0.15) is 11.7 Å². The van der Waals surface area contributed by atoms with Crippen molar-refractivity contribution in [3.8, 4) is 5.75 Å². The number of benzene rings is 3. The number of hydrogen-bond donors (Lipinski definition) is 1. The number of fused-ring (bicyclic) bond motifs is 1. The molecule has 3 aromatic carbocycles. The fraction of sp³-hybridized carbons (Fsp3) is 0.222. The highest BCUT2D eigenvalue weighted by molar-refractivity contribution is 6.24. The van der Waals surface area contributed by atoms with Crippen LogP contribution in [0.4, 0.5) is 11.4 Å². The summed E-state index contributed by atoms with van der Waals surface area (Å²) in [5.74, 6) is -2.45. The van der Waals surface area contributed by atoms with Crippen LogP contribution in [0.3, 0.4) is 0 Å². The second-order valence-electron chi connectivity index (χ2n) is 8.68. The van der Waals surface area contributed by atoms with Gasteiger partial charge in [0.15, 0.2) is 12.7 Å². The van der Waals surface area contributed by atoms with Crippen molar-refractivity contribution in [2.75, 3.05) is 16.6 Å². The molecule has 3 aromatic rings. The first-order valence-electron chi connectivity index (χ1n) is 11.3. The number of para-hydroxylation sites is 2. The number of aryl methyl sites for hydroxylation is 2. The van der Waals surface area contributed by atoms with Crippen molar-refractivity contribution in [3.63, 3.8) is 0 Å². The van der Waals surface area contributed by atoms with Gasteiger partial charge < -0.3 is 9.84 Å². The number of rotatable bonds is 6. The number of carbonyl (C=O) groups excluding carboxylic acids is 2. The van der Waals surface area contributed by atoms with Gasteiger partial charge in [0, 0.05) is 5.56 Å². The Balaban J connectivity index is 1.60. The van der Waals surface area contributed by atoms with Gasteiger partial charge in [-0.25, -0.2) is 14.8 Å². The Labute approximate surface area is 202 Å². The van der Waals surface area contributed by atoms with Crippen LogP contribution in [0.15, 0.2) is 72.8 Å². The average molecular weight is 472 g/mol. The van der Waals surface area contributed by atoms with Crippen LogP contribution in [-0.4, -0.2) is 35.6 Å². The van der Waals surface area contributed by atoms with Gasteiger partial charge >= 0.3 is 5.97 Å². The van der Waals surface area contributed by atoms with Crippen LogP contribution < -0.4 is 14.7 Å². The van der Waals surface area contributed by atoms with Crippen LogP contribution in [0.5, 0.6) is 5.75 Å². The quantitative estimate of drug-likeness (QED) is 0.545. The Morgan fingerprint density at radius 2 is 1.69 bits per heavy atom. The first-order chi connectivity index (χ1) is 16.9. The van der Waals surface area contributed by atoms with Gasteiger partial charge in [-0.3, -0.25) is 14.4 Å². The Bertz CT molecular complexity index is 1310. The van der Waals surface area contributed by atoms with E-state index in [0.717, 1.165) is 11.1 Å². The Morgan fingerprint density at radius 3 is 2.40 bits per heavy atom. The van der Waals surface area contributed by atoms with Gasteiger partial charge in [-0.15, -0.1) is 0 Å². The molecule has 0 unspecified atom stereocenters. The van der Waals surface area contributed by atoms with E-state index in [1.807, 2.05) is 56.3 Å². The molecular formula is C27H24N2O6. The van der Waals surface area contributed by atoms with Gasteiger partial charge in [-0.05, 0) is 43.7 Å². The molecule has 0 aliphatic carbocycles. The maximum absolute atomic E-state index is 13.8. The minimum atomic E-state index is -1.12. The molecule has 35 heavy (non-hydrogen) atoms. The van der Waals surface area contributed by atoms with E-state index in [-0.39, 0.29) is 5.91 Å². The van der Waals surface area contributed by atoms with Crippen molar-refractivity contribution in [2.24, 2.45) is 5.92 Å². The molecule has 2 amide bonds. The summed E-state index contributed by atoms with van der Waals surface area (Å²) in [6.07, 6.45) is -1.03. The molecule has 2 aliphatic rings. The molecule has 0 bridgehead atoms. The summed E-state index contributed by atoms with van der Waals surface area (Å²) in [5, 5.41) is 10.7. The first kappa shape index (κ1) is 22.6. The van der Waals surface area contributed by atoms with E-state index in [9.17, 15) is 14.4 Å². The van der Waals surface area contributed by atoms with Crippen molar-refractivity contribution in [2.45, 2.75) is 26.0 Å². The Hall–Kier alpha value is -4.17. The Kier molecular flexibility index (Phi) is 5.74. The van der Waals surface area contributed by atoms with E-state index in [2.05, 4.69) is 0 Å². The van der Waals surface area contributed by atoms with E-state index in [0.29, 0.717) is 22.7 Å². The maximum atomic E-state index is 13.8. The molecule has 178 valence electrons. The normalized spacial score (nSPS) is 21.4. The zero-order chi connectivity index (χ0) is 24.7. The average Bonchev–Trinajstić information content (AvgIpc) is 3.35. The van der Waals surface area contributed by atoms with Gasteiger partial charge in [0.2, 0.25) is 5.91 Å². The third kappa shape index (κ3) is 3.91. The number of carboxylic acid groups (broad SMARTS) is 1. The minimum absolute atomic E-state index is 0.315. The van der Waals surface area contributed by atoms with Crippen molar-refractivity contribution < 1.29 is 29.1 Å². The number of ether oxygens (including phenoxy) is 1. The molecule has 0 aromatic heterocycles. The van der Waals surface area contributed by atoms with E-state index in [1.165, 1.54) is 4.90 Å². The minimum Gasteiger partial charge on any atom is -0.482 e. The zero-order valence-electron chi connectivity index (χ0n) is 19.3. The predicted octanol–water partition coefficient (Wildman–Crippen LogP) is 3.82. The predicted molar refractivity (Wildman–Crippen MR) is 128 cm³/mol. The molecule has 2 fully saturated rings. The van der Waals surface area contributed by atoms with Crippen LogP contribution in [0, 0.1) is 19.8 Å². The first-order valence-corrected chi connectivity index (χ1v) is 11.3. The zero-order valence-corrected chi connectivity index (χ0v) is 19.3. The van der Waals surface area contributed by atoms with Gasteiger partial charge in [0.05, 0.1) is 17.4 Å². The summed E-state index contributed by atoms with van der Waals surface area (Å²) in [4.78, 5) is 45.9. The highest BCUT2D eigenvalue weighted by Gasteiger charge is 2.60. The smallest absolute Gasteiger partial charge is 0.341 e. The van der Waals surface area contributed by atoms with E-state index in [4.69, 9.17) is 14.7 Å². The molecular weight excluding hydrogens is 448 g/mol. The molecule has 2 aliphatic heterocycles. The lowest BCUT2D eigenvalue weighted by atomic mass is 9.90. The number of aliphatic carboxylic acids is 1. The van der Waals surface area contributed by atoms with Crippen LogP contribution in [0.2, 0.25) is 0 Å². The van der Waals surface area contributed by atoms with Crippen LogP contribution in [0.25, 0.3) is 0 Å². The summed E-state index contributed by atoms with van der Waals surface area (Å²) in [6.45, 7) is 3.27. The van der Waals surface area contributed by atoms with Crippen LogP contribution in [-0.2, 0) is 19.2 Å². The molecule has 5 rings (SSSR count). The highest BCUT2D eigenvalue weighted by atomic mass is 16.7. The molecule has 0 saturated carbocycles. The maximum Gasteiger partial charge on any atom is 0.341 e. The molecule has 8 nitrogen and oxygen atoms in total. The standard InChI is InChI=1S/C27H24N2O6/c1-16-12-13-20(17(2)14-16)28-26(32)23-24(19-10-6-7-11-21(19)34-15-22(30)31)29(35-25(23)27(28)33)18-8-4-3-5-9-18/h3-14,23-25H,15H2,1-2H3,(H,30,31)/t23-,24+,25+/m0/s1. The van der Waals surface area contributed by atoms with E-state index >= 15 is 0 Å². The van der Waals surface area contributed by atoms with E-state index in [1.54, 1.807) is 35.4 Å². The second kappa shape index (κ2) is 8.88. The molecule has 3 atom stereocenters. The molecule has 2 saturated heterocycles. The number of amides is 2. The number of hydrogen-bond acceptors (Lipinski definition) is 6. The number of imide groups is 1. The number of hydroxylamine groups is 1. The Morgan fingerprint density at radius 1 is 0.971 bits per heavy atom. The molecule has 2 heterocycles. The molecule has 0 spiro atoms. The van der Waals surface area contributed by atoms with Gasteiger partial charge in [-0.1, -0.05) is 54.1 Å². The molecule has 0 radical (unpaired) electrons. The summed E-state index contributed by atoms with van der Waals surface area (Å²) in [7, 11) is 0. The highest BCUT2D eigenvalue weighted by Crippen LogP contribution is 2.49. The van der Waals surface area contributed by atoms with Crippen LogP contribution in [0.1, 0.15) is 22.7 Å². The fourth-order valence-corrected chi connectivity index (χ4v) is 4.82. The third-order valence-electron chi connectivity index (χ3n) is 6.31. The number of carbonyl (C=O) groups is 3. The van der Waals surface area contributed by atoms with Gasteiger partial charge in [-0.2, -0.15) is 0 Å². The molecule has 8 heteroatoms. The summed E-state index contributed by atoms with van der Waals surface area (Å²) >= 11 is 0. The monoisotopic (exact) mass is 472 g/mol. The van der Waals surface area contributed by atoms with Crippen LogP contribution >= 0.6 is 0 Å². The summed E-state index contributed by atoms with van der Waals surface area (Å²) in [6, 6.07) is 21.0. The second-order valence-corrected chi connectivity index (χ2v) is 8.68. The fourth-order valence-electron chi connectivity index (χ4n) is 4.82. The van der Waals surface area contributed by atoms with Gasteiger partial charge in [0.25, 0.3) is 5.91 Å².